The Morgan fingerprint density at radius 2 is 2.30 bits per heavy atom. The van der Waals surface area contributed by atoms with Crippen molar-refractivity contribution in [2.24, 2.45) is 4.99 Å². The minimum Gasteiger partial charge on any atom is -0.356 e. The Hall–Kier alpha value is -1.82. The first kappa shape index (κ1) is 13.2. The topological polar surface area (TPSA) is 57.8 Å². The SMILES string of the molecule is CN1CCCN=C1NCCc1cnc2c(Cl)cnn2c1. The van der Waals surface area contributed by atoms with E-state index in [1.807, 2.05) is 12.4 Å². The van der Waals surface area contributed by atoms with Crippen LogP contribution in [0.2, 0.25) is 5.02 Å². The molecule has 0 saturated carbocycles. The molecular weight excluding hydrogens is 276 g/mol. The molecule has 1 aliphatic rings. The summed E-state index contributed by atoms with van der Waals surface area (Å²) in [7, 11) is 2.06. The number of nitrogens with one attached hydrogen (secondary N) is 1. The van der Waals surface area contributed by atoms with Crippen LogP contribution in [0, 0.1) is 0 Å². The Balaban J connectivity index is 1.61. The largest absolute Gasteiger partial charge is 0.356 e. The molecule has 0 aliphatic carbocycles. The normalized spacial score (nSPS) is 15.5. The van der Waals surface area contributed by atoms with Crippen LogP contribution in [0.25, 0.3) is 5.65 Å². The van der Waals surface area contributed by atoms with E-state index >= 15 is 0 Å². The van der Waals surface area contributed by atoms with E-state index in [0.29, 0.717) is 10.7 Å². The van der Waals surface area contributed by atoms with Gasteiger partial charge in [0, 0.05) is 39.1 Å². The van der Waals surface area contributed by atoms with E-state index in [4.69, 9.17) is 11.6 Å². The lowest BCUT2D eigenvalue weighted by atomic mass is 10.2. The molecule has 0 amide bonds. The molecule has 6 nitrogen and oxygen atoms in total. The van der Waals surface area contributed by atoms with Crippen LogP contribution in [0.1, 0.15) is 12.0 Å². The zero-order chi connectivity index (χ0) is 13.9. The minimum atomic E-state index is 0.577. The van der Waals surface area contributed by atoms with Gasteiger partial charge in [-0.05, 0) is 18.4 Å². The Morgan fingerprint density at radius 3 is 3.15 bits per heavy atom. The number of halogens is 1. The molecule has 0 spiro atoms. The van der Waals surface area contributed by atoms with Crippen molar-refractivity contribution in [2.45, 2.75) is 12.8 Å². The van der Waals surface area contributed by atoms with Gasteiger partial charge in [0.25, 0.3) is 0 Å². The molecule has 3 heterocycles. The van der Waals surface area contributed by atoms with Gasteiger partial charge in [-0.15, -0.1) is 0 Å². The monoisotopic (exact) mass is 292 g/mol. The summed E-state index contributed by atoms with van der Waals surface area (Å²) in [5, 5.41) is 8.10. The van der Waals surface area contributed by atoms with Gasteiger partial charge < -0.3 is 10.2 Å². The second kappa shape index (κ2) is 5.66. The van der Waals surface area contributed by atoms with Crippen molar-refractivity contribution in [2.75, 3.05) is 26.7 Å². The fourth-order valence-electron chi connectivity index (χ4n) is 2.24. The Bertz CT molecular complexity index is 635. The summed E-state index contributed by atoms with van der Waals surface area (Å²) in [4.78, 5) is 10.9. The molecule has 0 aromatic carbocycles. The molecule has 0 fully saturated rings. The van der Waals surface area contributed by atoms with Gasteiger partial charge in [0.05, 0.1) is 6.20 Å². The first-order chi connectivity index (χ1) is 9.74. The van der Waals surface area contributed by atoms with E-state index in [1.165, 1.54) is 0 Å². The quantitative estimate of drug-likeness (QED) is 0.924. The second-order valence-electron chi connectivity index (χ2n) is 4.88. The lowest BCUT2D eigenvalue weighted by Gasteiger charge is -2.25. The fourth-order valence-corrected chi connectivity index (χ4v) is 2.42. The molecule has 0 bridgehead atoms. The highest BCUT2D eigenvalue weighted by atomic mass is 35.5. The van der Waals surface area contributed by atoms with E-state index in [1.54, 1.807) is 10.7 Å². The van der Waals surface area contributed by atoms with Crippen molar-refractivity contribution in [3.05, 3.63) is 29.2 Å². The van der Waals surface area contributed by atoms with Gasteiger partial charge in [-0.2, -0.15) is 5.10 Å². The average molecular weight is 293 g/mol. The van der Waals surface area contributed by atoms with Gasteiger partial charge in [0.15, 0.2) is 11.6 Å². The van der Waals surface area contributed by atoms with Crippen LogP contribution in [-0.4, -0.2) is 52.1 Å². The molecule has 0 saturated heterocycles. The highest BCUT2D eigenvalue weighted by molar-refractivity contribution is 6.33. The van der Waals surface area contributed by atoms with Gasteiger partial charge in [0.2, 0.25) is 0 Å². The third kappa shape index (κ3) is 2.70. The Kier molecular flexibility index (Phi) is 3.73. The van der Waals surface area contributed by atoms with Crippen molar-refractivity contribution >= 4 is 23.2 Å². The summed E-state index contributed by atoms with van der Waals surface area (Å²) in [6.45, 7) is 2.79. The van der Waals surface area contributed by atoms with Crippen molar-refractivity contribution < 1.29 is 0 Å². The van der Waals surface area contributed by atoms with Crippen molar-refractivity contribution in [3.63, 3.8) is 0 Å². The van der Waals surface area contributed by atoms with Crippen LogP contribution in [0.3, 0.4) is 0 Å². The molecule has 0 radical (unpaired) electrons. The van der Waals surface area contributed by atoms with E-state index in [2.05, 4.69) is 32.3 Å². The lowest BCUT2D eigenvalue weighted by molar-refractivity contribution is 0.447. The second-order valence-corrected chi connectivity index (χ2v) is 5.29. The number of hydrogen-bond donors (Lipinski definition) is 1. The standard InChI is InChI=1S/C13H17ClN6/c1-19-6-2-4-15-13(19)16-5-3-10-7-17-12-11(14)8-18-20(12)9-10/h7-9H,2-6H2,1H3,(H,15,16). The van der Waals surface area contributed by atoms with Crippen molar-refractivity contribution in [3.8, 4) is 0 Å². The molecule has 2 aromatic heterocycles. The molecule has 1 N–H and O–H groups in total. The maximum Gasteiger partial charge on any atom is 0.193 e. The molecule has 3 rings (SSSR count). The predicted molar refractivity (Wildman–Crippen MR) is 79.3 cm³/mol. The summed E-state index contributed by atoms with van der Waals surface area (Å²) in [5.41, 5.74) is 1.81. The van der Waals surface area contributed by atoms with Crippen LogP contribution in [0.5, 0.6) is 0 Å². The van der Waals surface area contributed by atoms with Crippen LogP contribution >= 0.6 is 11.6 Å². The predicted octanol–water partition coefficient (Wildman–Crippen LogP) is 1.21. The summed E-state index contributed by atoms with van der Waals surface area (Å²) in [6.07, 6.45) is 7.41. The number of aliphatic imine (C=N–C) groups is 1. The van der Waals surface area contributed by atoms with Gasteiger partial charge >= 0.3 is 0 Å². The van der Waals surface area contributed by atoms with Gasteiger partial charge in [-0.1, -0.05) is 11.6 Å². The molecule has 0 unspecified atom stereocenters. The van der Waals surface area contributed by atoms with Gasteiger partial charge in [-0.3, -0.25) is 4.99 Å². The smallest absolute Gasteiger partial charge is 0.193 e. The maximum absolute atomic E-state index is 5.97. The summed E-state index contributed by atoms with van der Waals surface area (Å²) in [6, 6.07) is 0. The summed E-state index contributed by atoms with van der Waals surface area (Å²) in [5.74, 6) is 0.979. The Labute approximate surface area is 122 Å². The number of rotatable bonds is 3. The number of hydrogen-bond acceptors (Lipinski definition) is 5. The van der Waals surface area contributed by atoms with Gasteiger partial charge in [0.1, 0.15) is 5.02 Å². The van der Waals surface area contributed by atoms with Crippen molar-refractivity contribution in [1.29, 1.82) is 0 Å². The van der Waals surface area contributed by atoms with Crippen LogP contribution < -0.4 is 5.32 Å². The van der Waals surface area contributed by atoms with Crippen LogP contribution in [0.15, 0.2) is 23.6 Å². The van der Waals surface area contributed by atoms with Crippen LogP contribution in [0.4, 0.5) is 0 Å². The number of nitrogens with zero attached hydrogens (tertiary/aromatic N) is 5. The first-order valence-corrected chi connectivity index (χ1v) is 7.09. The van der Waals surface area contributed by atoms with E-state index in [-0.39, 0.29) is 0 Å². The molecule has 7 heteroatoms. The number of aromatic nitrogens is 3. The van der Waals surface area contributed by atoms with Crippen LogP contribution in [-0.2, 0) is 6.42 Å². The van der Waals surface area contributed by atoms with Gasteiger partial charge in [-0.25, -0.2) is 9.50 Å². The lowest BCUT2D eigenvalue weighted by Crippen LogP contribution is -2.42. The van der Waals surface area contributed by atoms with Crippen molar-refractivity contribution in [1.82, 2.24) is 24.8 Å². The highest BCUT2D eigenvalue weighted by Gasteiger charge is 2.10. The Morgan fingerprint density at radius 1 is 1.40 bits per heavy atom. The third-order valence-electron chi connectivity index (χ3n) is 3.34. The first-order valence-electron chi connectivity index (χ1n) is 6.71. The number of guanidine groups is 1. The minimum absolute atomic E-state index is 0.577. The highest BCUT2D eigenvalue weighted by Crippen LogP contribution is 2.14. The van der Waals surface area contributed by atoms with E-state index < -0.39 is 0 Å². The number of fused-ring (bicyclic) bond motifs is 1. The zero-order valence-corrected chi connectivity index (χ0v) is 12.1. The third-order valence-corrected chi connectivity index (χ3v) is 3.61. The zero-order valence-electron chi connectivity index (χ0n) is 11.4. The summed E-state index contributed by atoms with van der Waals surface area (Å²) >= 11 is 5.97. The maximum atomic E-state index is 5.97. The molecule has 1 aliphatic heterocycles. The molecule has 0 atom stereocenters. The molecular formula is C13H17ClN6. The van der Waals surface area contributed by atoms with E-state index in [9.17, 15) is 0 Å². The molecule has 106 valence electrons. The fraction of sp³-hybridized carbons (Fsp3) is 0.462. The molecule has 20 heavy (non-hydrogen) atoms. The average Bonchev–Trinajstić information content (AvgIpc) is 2.82. The van der Waals surface area contributed by atoms with E-state index in [0.717, 1.165) is 44.0 Å². The summed E-state index contributed by atoms with van der Waals surface area (Å²) < 4.78 is 1.71. The molecule has 2 aromatic rings.